The van der Waals surface area contributed by atoms with Crippen LogP contribution < -0.4 is 9.80 Å². The summed E-state index contributed by atoms with van der Waals surface area (Å²) in [5.74, 6) is 0. The summed E-state index contributed by atoms with van der Waals surface area (Å²) >= 11 is 0. The Kier molecular flexibility index (Phi) is 10.1. The molecular formula is C67H47N3. The van der Waals surface area contributed by atoms with Crippen molar-refractivity contribution < 1.29 is 0 Å². The Balaban J connectivity index is 1.10. The highest BCUT2D eigenvalue weighted by Crippen LogP contribution is 2.59. The van der Waals surface area contributed by atoms with E-state index >= 15 is 0 Å². The zero-order valence-corrected chi connectivity index (χ0v) is 38.5. The van der Waals surface area contributed by atoms with E-state index in [-0.39, 0.29) is 0 Å². The molecule has 0 bridgehead atoms. The molecule has 0 saturated carbocycles. The highest BCUT2D eigenvalue weighted by Gasteiger charge is 2.50. The second-order valence-electron chi connectivity index (χ2n) is 18.1. The molecule has 0 saturated heterocycles. The minimum absolute atomic E-state index is 0.804. The Hall–Kier alpha value is -9.18. The fourth-order valence-electron chi connectivity index (χ4n) is 11.2. The number of aromatic nitrogens is 1. The molecule has 1 aliphatic carbocycles. The van der Waals surface area contributed by atoms with Crippen molar-refractivity contribution >= 4 is 50.2 Å². The molecular weight excluding hydrogens is 847 g/mol. The first-order chi connectivity index (χ1) is 34.7. The van der Waals surface area contributed by atoms with Gasteiger partial charge in [-0.25, -0.2) is 0 Å². The van der Waals surface area contributed by atoms with Crippen molar-refractivity contribution in [3.8, 4) is 39.1 Å². The van der Waals surface area contributed by atoms with Crippen molar-refractivity contribution in [1.82, 2.24) is 4.57 Å². The molecule has 12 aromatic rings. The Labute approximate surface area is 409 Å². The van der Waals surface area contributed by atoms with Crippen molar-refractivity contribution in [2.45, 2.75) is 5.54 Å². The van der Waals surface area contributed by atoms with Crippen LogP contribution in [0.1, 0.15) is 16.7 Å². The van der Waals surface area contributed by atoms with Gasteiger partial charge in [0.2, 0.25) is 0 Å². The minimum Gasteiger partial charge on any atom is -0.323 e. The lowest BCUT2D eigenvalue weighted by molar-refractivity contribution is 0.644. The quantitative estimate of drug-likeness (QED) is 0.136. The maximum atomic E-state index is 2.59. The predicted molar refractivity (Wildman–Crippen MR) is 293 cm³/mol. The Morgan fingerprint density at radius 3 is 1.49 bits per heavy atom. The lowest BCUT2D eigenvalue weighted by atomic mass is 9.78. The average molecular weight is 894 g/mol. The van der Waals surface area contributed by atoms with Crippen LogP contribution in [0.2, 0.25) is 0 Å². The summed E-state index contributed by atoms with van der Waals surface area (Å²) in [5.41, 5.74) is 18.7. The summed E-state index contributed by atoms with van der Waals surface area (Å²) in [7, 11) is 0. The monoisotopic (exact) mass is 893 g/mol. The van der Waals surface area contributed by atoms with Crippen molar-refractivity contribution in [3.63, 3.8) is 0 Å². The van der Waals surface area contributed by atoms with E-state index in [2.05, 4.69) is 299 Å². The first kappa shape index (κ1) is 41.0. The standard InChI is InChI=1S/C67H47N3/c1-6-22-48(23-7-1)50-26-20-34-55(44-50)68(57-41-43-62-61-37-17-19-39-65(61)69(66(62)47-57)53-30-12-4-13-31-53)56-40-42-60-59-36-16-18-38-63(59)67(64(60)46-56,52-28-10-3-11-29-52)70(54-32-14-5-15-33-54)58-35-21-27-51(45-58)49-24-8-2-9-25-49/h1-47H. The zero-order valence-electron chi connectivity index (χ0n) is 38.5. The summed E-state index contributed by atoms with van der Waals surface area (Å²) in [5, 5.41) is 2.44. The lowest BCUT2D eigenvalue weighted by Crippen LogP contribution is -2.44. The number of para-hydroxylation sites is 3. The van der Waals surface area contributed by atoms with Gasteiger partial charge in [0.1, 0.15) is 5.54 Å². The van der Waals surface area contributed by atoms with Gasteiger partial charge in [-0.2, -0.15) is 0 Å². The van der Waals surface area contributed by atoms with Gasteiger partial charge < -0.3 is 14.4 Å². The third kappa shape index (κ3) is 6.74. The van der Waals surface area contributed by atoms with Crippen molar-refractivity contribution in [2.24, 2.45) is 0 Å². The van der Waals surface area contributed by atoms with Gasteiger partial charge in [-0.15, -0.1) is 0 Å². The first-order valence-corrected chi connectivity index (χ1v) is 24.1. The highest BCUT2D eigenvalue weighted by molar-refractivity contribution is 6.10. The van der Waals surface area contributed by atoms with Gasteiger partial charge in [0, 0.05) is 44.9 Å². The van der Waals surface area contributed by atoms with Gasteiger partial charge in [-0.3, -0.25) is 0 Å². The molecule has 330 valence electrons. The van der Waals surface area contributed by atoms with E-state index in [4.69, 9.17) is 0 Å². The third-order valence-electron chi connectivity index (χ3n) is 14.2. The van der Waals surface area contributed by atoms with Gasteiger partial charge in [0.05, 0.1) is 11.0 Å². The molecule has 0 spiro atoms. The van der Waals surface area contributed by atoms with E-state index < -0.39 is 5.54 Å². The summed E-state index contributed by atoms with van der Waals surface area (Å²) in [6.45, 7) is 0. The first-order valence-electron chi connectivity index (χ1n) is 24.1. The Morgan fingerprint density at radius 2 is 0.771 bits per heavy atom. The molecule has 11 aromatic carbocycles. The molecule has 1 unspecified atom stereocenters. The number of fused-ring (bicyclic) bond motifs is 6. The van der Waals surface area contributed by atoms with Crippen LogP contribution >= 0.6 is 0 Å². The number of hydrogen-bond acceptors (Lipinski definition) is 2. The van der Waals surface area contributed by atoms with Gasteiger partial charge in [-0.05, 0) is 129 Å². The van der Waals surface area contributed by atoms with E-state index in [0.717, 1.165) is 50.8 Å². The zero-order chi connectivity index (χ0) is 46.4. The van der Waals surface area contributed by atoms with Crippen molar-refractivity contribution in [2.75, 3.05) is 9.80 Å². The molecule has 1 aliphatic rings. The SMILES string of the molecule is c1ccc(-c2cccc(N(c3ccc4c(c3)C(c3ccccc3)(N(c3ccccc3)c3cccc(-c5ccccc5)c3)c3ccccc3-4)c3ccc4c5ccccc5n(-c5ccccc5)c4c3)c2)cc1. The van der Waals surface area contributed by atoms with E-state index in [1.54, 1.807) is 0 Å². The summed E-state index contributed by atoms with van der Waals surface area (Å²) in [6, 6.07) is 104. The average Bonchev–Trinajstić information content (AvgIpc) is 3.92. The Bertz CT molecular complexity index is 3830. The van der Waals surface area contributed by atoms with Crippen LogP contribution in [0.5, 0.6) is 0 Å². The molecule has 3 heteroatoms. The molecule has 3 nitrogen and oxygen atoms in total. The number of benzene rings is 11. The normalized spacial score (nSPS) is 13.8. The van der Waals surface area contributed by atoms with Gasteiger partial charge in [-0.1, -0.05) is 206 Å². The molecule has 0 radical (unpaired) electrons. The van der Waals surface area contributed by atoms with E-state index in [1.807, 2.05) is 0 Å². The van der Waals surface area contributed by atoms with Crippen LogP contribution in [0.4, 0.5) is 28.4 Å². The summed E-state index contributed by atoms with van der Waals surface area (Å²) in [6.07, 6.45) is 0. The molecule has 13 rings (SSSR count). The molecule has 1 heterocycles. The van der Waals surface area contributed by atoms with E-state index in [1.165, 1.54) is 55.2 Å². The number of nitrogens with zero attached hydrogens (tertiary/aromatic N) is 3. The molecule has 70 heavy (non-hydrogen) atoms. The highest BCUT2D eigenvalue weighted by atomic mass is 15.2. The van der Waals surface area contributed by atoms with Crippen LogP contribution in [0.3, 0.4) is 0 Å². The fraction of sp³-hybridized carbons (Fsp3) is 0.0149. The smallest absolute Gasteiger partial charge is 0.122 e. The fourth-order valence-corrected chi connectivity index (χ4v) is 11.2. The van der Waals surface area contributed by atoms with Crippen LogP contribution in [-0.2, 0) is 5.54 Å². The van der Waals surface area contributed by atoms with Crippen LogP contribution in [0.25, 0.3) is 60.9 Å². The maximum Gasteiger partial charge on any atom is 0.122 e. The largest absolute Gasteiger partial charge is 0.323 e. The second-order valence-corrected chi connectivity index (χ2v) is 18.1. The molecule has 1 aromatic heterocycles. The van der Waals surface area contributed by atoms with E-state index in [0.29, 0.717) is 0 Å². The molecule has 1 atom stereocenters. The van der Waals surface area contributed by atoms with Crippen LogP contribution in [0.15, 0.2) is 285 Å². The molecule has 0 fully saturated rings. The van der Waals surface area contributed by atoms with Gasteiger partial charge >= 0.3 is 0 Å². The van der Waals surface area contributed by atoms with Crippen LogP contribution in [0, 0.1) is 0 Å². The topological polar surface area (TPSA) is 11.4 Å². The third-order valence-corrected chi connectivity index (χ3v) is 14.2. The second kappa shape index (κ2) is 17.2. The minimum atomic E-state index is -0.804. The molecule has 0 amide bonds. The Morgan fingerprint density at radius 1 is 0.286 bits per heavy atom. The van der Waals surface area contributed by atoms with E-state index in [9.17, 15) is 0 Å². The van der Waals surface area contributed by atoms with Crippen LogP contribution in [-0.4, -0.2) is 4.57 Å². The number of rotatable bonds is 10. The molecule has 0 N–H and O–H groups in total. The molecule has 0 aliphatic heterocycles. The summed E-state index contributed by atoms with van der Waals surface area (Å²) in [4.78, 5) is 5.05. The predicted octanol–water partition coefficient (Wildman–Crippen LogP) is 17.7. The van der Waals surface area contributed by atoms with Gasteiger partial charge in [0.15, 0.2) is 0 Å². The summed E-state index contributed by atoms with van der Waals surface area (Å²) < 4.78 is 2.41. The number of anilines is 5. The van der Waals surface area contributed by atoms with Gasteiger partial charge in [0.25, 0.3) is 0 Å². The van der Waals surface area contributed by atoms with Crippen molar-refractivity contribution in [1.29, 1.82) is 0 Å². The number of hydrogen-bond donors (Lipinski definition) is 0. The lowest BCUT2D eigenvalue weighted by Gasteiger charge is -2.45. The maximum absolute atomic E-state index is 2.59. The van der Waals surface area contributed by atoms with Crippen molar-refractivity contribution in [3.05, 3.63) is 302 Å².